The zero-order valence-electron chi connectivity index (χ0n) is 12.9. The molecule has 1 N–H and O–H groups in total. The molecule has 2 atom stereocenters. The zero-order chi connectivity index (χ0) is 14.5. The normalized spacial score (nSPS) is 34.8. The average molecular weight is 279 g/mol. The lowest BCUT2D eigenvalue weighted by atomic mass is 9.62. The topological polar surface area (TPSA) is 53.2 Å². The van der Waals surface area contributed by atoms with Gasteiger partial charge >= 0.3 is 0 Å². The monoisotopic (exact) mass is 279 g/mol. The van der Waals surface area contributed by atoms with Crippen LogP contribution in [0.1, 0.15) is 77.6 Å². The highest BCUT2D eigenvalue weighted by atomic mass is 16.5. The van der Waals surface area contributed by atoms with Gasteiger partial charge in [0.05, 0.1) is 23.2 Å². The van der Waals surface area contributed by atoms with Gasteiger partial charge in [-0.2, -0.15) is 5.26 Å². The van der Waals surface area contributed by atoms with Crippen molar-refractivity contribution in [3.05, 3.63) is 0 Å². The molecule has 20 heavy (non-hydrogen) atoms. The third-order valence-corrected chi connectivity index (χ3v) is 5.36. The van der Waals surface area contributed by atoms with Crippen LogP contribution < -0.4 is 0 Å². The molecule has 0 aromatic rings. The average Bonchev–Trinajstić information content (AvgIpc) is 2.39. The van der Waals surface area contributed by atoms with E-state index in [-0.39, 0.29) is 6.10 Å². The van der Waals surface area contributed by atoms with Crippen LogP contribution in [0.5, 0.6) is 0 Å². The Balaban J connectivity index is 2.16. The lowest BCUT2D eigenvalue weighted by Gasteiger charge is -2.48. The third-order valence-electron chi connectivity index (χ3n) is 5.36. The van der Waals surface area contributed by atoms with Crippen LogP contribution in [0, 0.1) is 16.7 Å². The first-order chi connectivity index (χ1) is 9.66. The molecule has 2 rings (SSSR count). The smallest absolute Gasteiger partial charge is 0.0879 e. The molecular formula is C17H29NO2. The molecule has 2 aliphatic rings. The van der Waals surface area contributed by atoms with Gasteiger partial charge in [-0.05, 0) is 19.3 Å². The molecule has 3 nitrogen and oxygen atoms in total. The van der Waals surface area contributed by atoms with Gasteiger partial charge in [0.25, 0.3) is 0 Å². The maximum atomic E-state index is 11.3. The van der Waals surface area contributed by atoms with E-state index in [1.165, 1.54) is 19.3 Å². The van der Waals surface area contributed by atoms with Crippen molar-refractivity contribution in [3.63, 3.8) is 0 Å². The van der Waals surface area contributed by atoms with E-state index < -0.39 is 11.0 Å². The summed E-state index contributed by atoms with van der Waals surface area (Å²) in [5.41, 5.74) is -1.37. The van der Waals surface area contributed by atoms with Crippen molar-refractivity contribution in [3.8, 4) is 6.07 Å². The van der Waals surface area contributed by atoms with Gasteiger partial charge < -0.3 is 9.84 Å². The summed E-state index contributed by atoms with van der Waals surface area (Å²) in [6.07, 6.45) is 11.0. The first kappa shape index (κ1) is 15.8. The molecule has 2 unspecified atom stereocenters. The minimum absolute atomic E-state index is 0.134. The Kier molecular flexibility index (Phi) is 5.46. The molecule has 1 aliphatic heterocycles. The lowest BCUT2D eigenvalue weighted by molar-refractivity contribution is -0.158. The van der Waals surface area contributed by atoms with Crippen LogP contribution in [0.3, 0.4) is 0 Å². The maximum Gasteiger partial charge on any atom is 0.0879 e. The fourth-order valence-corrected chi connectivity index (χ4v) is 4.06. The third kappa shape index (κ3) is 3.18. The summed E-state index contributed by atoms with van der Waals surface area (Å²) in [6, 6.07) is 2.55. The van der Waals surface area contributed by atoms with Gasteiger partial charge in [0.15, 0.2) is 0 Å². The van der Waals surface area contributed by atoms with Gasteiger partial charge in [-0.15, -0.1) is 0 Å². The van der Waals surface area contributed by atoms with E-state index in [9.17, 15) is 10.4 Å². The molecule has 0 aromatic heterocycles. The first-order valence-corrected chi connectivity index (χ1v) is 8.41. The molecule has 0 amide bonds. The molecule has 114 valence electrons. The van der Waals surface area contributed by atoms with Crippen LogP contribution >= 0.6 is 0 Å². The molecule has 1 aliphatic carbocycles. The van der Waals surface area contributed by atoms with Crippen LogP contribution in [-0.4, -0.2) is 23.4 Å². The Labute approximate surface area is 123 Å². The number of hydrogen-bond acceptors (Lipinski definition) is 3. The van der Waals surface area contributed by atoms with Crippen molar-refractivity contribution in [1.29, 1.82) is 5.26 Å². The van der Waals surface area contributed by atoms with Crippen molar-refractivity contribution in [2.45, 2.75) is 89.3 Å². The number of ether oxygens (including phenoxy) is 1. The van der Waals surface area contributed by atoms with Crippen molar-refractivity contribution in [2.24, 2.45) is 5.41 Å². The molecule has 2 fully saturated rings. The molecule has 0 spiro atoms. The molecule has 0 radical (unpaired) electrons. The van der Waals surface area contributed by atoms with E-state index in [0.717, 1.165) is 38.5 Å². The van der Waals surface area contributed by atoms with Gasteiger partial charge in [-0.3, -0.25) is 0 Å². The van der Waals surface area contributed by atoms with Crippen molar-refractivity contribution in [2.75, 3.05) is 6.61 Å². The molecular weight excluding hydrogens is 250 g/mol. The van der Waals surface area contributed by atoms with E-state index in [2.05, 4.69) is 13.0 Å². The maximum absolute atomic E-state index is 11.3. The quantitative estimate of drug-likeness (QED) is 0.851. The van der Waals surface area contributed by atoms with Gasteiger partial charge in [-0.1, -0.05) is 45.4 Å². The number of hydrogen-bond donors (Lipinski definition) is 1. The Morgan fingerprint density at radius 3 is 2.40 bits per heavy atom. The summed E-state index contributed by atoms with van der Waals surface area (Å²) in [4.78, 5) is 0. The molecule has 0 aromatic carbocycles. The minimum atomic E-state index is -0.836. The van der Waals surface area contributed by atoms with Gasteiger partial charge in [0.2, 0.25) is 0 Å². The van der Waals surface area contributed by atoms with Gasteiger partial charge in [0.1, 0.15) is 0 Å². The van der Waals surface area contributed by atoms with Crippen LogP contribution in [0.15, 0.2) is 0 Å². The summed E-state index contributed by atoms with van der Waals surface area (Å²) in [7, 11) is 0. The summed E-state index contributed by atoms with van der Waals surface area (Å²) < 4.78 is 5.78. The Morgan fingerprint density at radius 1 is 1.15 bits per heavy atom. The van der Waals surface area contributed by atoms with Crippen LogP contribution in [-0.2, 0) is 4.74 Å². The standard InChI is InChI=1S/C17H29NO2/c1-2-8-15-13-17(19,11-12-20-15)16(14-18)9-6-4-3-5-7-10-16/h15,19H,2-13H2,1H3. The van der Waals surface area contributed by atoms with E-state index in [1.54, 1.807) is 0 Å². The second kappa shape index (κ2) is 6.91. The first-order valence-electron chi connectivity index (χ1n) is 8.41. The summed E-state index contributed by atoms with van der Waals surface area (Å²) >= 11 is 0. The van der Waals surface area contributed by atoms with Crippen molar-refractivity contribution in [1.82, 2.24) is 0 Å². The summed E-state index contributed by atoms with van der Waals surface area (Å²) in [5.74, 6) is 0. The number of nitrogens with zero attached hydrogens (tertiary/aromatic N) is 1. The fourth-order valence-electron chi connectivity index (χ4n) is 4.06. The number of nitriles is 1. The number of aliphatic hydroxyl groups is 1. The molecule has 1 saturated heterocycles. The molecule has 1 saturated carbocycles. The van der Waals surface area contributed by atoms with Crippen molar-refractivity contribution >= 4 is 0 Å². The fraction of sp³-hybridized carbons (Fsp3) is 0.941. The Hall–Kier alpha value is -0.590. The van der Waals surface area contributed by atoms with E-state index >= 15 is 0 Å². The van der Waals surface area contributed by atoms with Crippen LogP contribution in [0.25, 0.3) is 0 Å². The lowest BCUT2D eigenvalue weighted by Crippen LogP contribution is -2.53. The van der Waals surface area contributed by atoms with E-state index in [1.807, 2.05) is 0 Å². The van der Waals surface area contributed by atoms with E-state index in [4.69, 9.17) is 4.74 Å². The zero-order valence-corrected chi connectivity index (χ0v) is 12.9. The highest BCUT2D eigenvalue weighted by molar-refractivity contribution is 5.13. The largest absolute Gasteiger partial charge is 0.388 e. The SMILES string of the molecule is CCCC1CC(O)(C2(C#N)CCCCCCC2)CCO1. The molecule has 3 heteroatoms. The Morgan fingerprint density at radius 2 is 1.80 bits per heavy atom. The van der Waals surface area contributed by atoms with E-state index in [0.29, 0.717) is 19.4 Å². The summed E-state index contributed by atoms with van der Waals surface area (Å²) in [5, 5.41) is 21.1. The second-order valence-electron chi connectivity index (χ2n) is 6.73. The Bertz CT molecular complexity index is 339. The number of rotatable bonds is 3. The second-order valence-corrected chi connectivity index (χ2v) is 6.73. The molecule has 1 heterocycles. The minimum Gasteiger partial charge on any atom is -0.388 e. The summed E-state index contributed by atoms with van der Waals surface area (Å²) in [6.45, 7) is 2.75. The molecule has 0 bridgehead atoms. The van der Waals surface area contributed by atoms with Gasteiger partial charge in [-0.25, -0.2) is 0 Å². The van der Waals surface area contributed by atoms with Gasteiger partial charge in [0, 0.05) is 19.4 Å². The highest BCUT2D eigenvalue weighted by Crippen LogP contribution is 2.48. The van der Waals surface area contributed by atoms with Crippen LogP contribution in [0.4, 0.5) is 0 Å². The predicted molar refractivity (Wildman–Crippen MR) is 79.2 cm³/mol. The van der Waals surface area contributed by atoms with Crippen LogP contribution in [0.2, 0.25) is 0 Å². The van der Waals surface area contributed by atoms with Crippen molar-refractivity contribution < 1.29 is 9.84 Å². The predicted octanol–water partition coefficient (Wildman–Crippen LogP) is 3.95. The highest BCUT2D eigenvalue weighted by Gasteiger charge is 2.52.